The van der Waals surface area contributed by atoms with Crippen molar-refractivity contribution in [2.75, 3.05) is 19.7 Å². The lowest BCUT2D eigenvalue weighted by Crippen LogP contribution is -2.57. The average molecular weight is 670 g/mol. The smallest absolute Gasteiger partial charge is 0.368 e. The number of nitrogens with zero attached hydrogens (tertiary/aromatic N) is 1. The van der Waals surface area contributed by atoms with Gasteiger partial charge in [0.25, 0.3) is 0 Å². The average Bonchev–Trinajstić information content (AvgIpc) is 3.47. The molecule has 2 rings (SSSR count). The van der Waals surface area contributed by atoms with Crippen molar-refractivity contribution in [1.82, 2.24) is 31.5 Å². The Morgan fingerprint density at radius 1 is 0.957 bits per heavy atom. The normalized spacial score (nSPS) is 17.1. The Morgan fingerprint density at radius 2 is 1.57 bits per heavy atom. The van der Waals surface area contributed by atoms with E-state index in [2.05, 4.69) is 31.1 Å². The maximum absolute atomic E-state index is 13.2. The molecular weight excluding hydrogens is 629 g/mol. The van der Waals surface area contributed by atoms with Crippen LogP contribution < -0.4 is 32.3 Å². The number of likely N-dealkylation sites (tertiary alicyclic amines) is 1. The lowest BCUT2D eigenvalue weighted by Gasteiger charge is -2.28. The number of primary amides is 1. The predicted molar refractivity (Wildman–Crippen MR) is 160 cm³/mol. The molecule has 1 aliphatic heterocycles. The van der Waals surface area contributed by atoms with Crippen molar-refractivity contribution in [2.24, 2.45) is 5.73 Å². The number of phosphoric ester groups is 1. The fourth-order valence-corrected chi connectivity index (χ4v) is 4.85. The molecule has 1 aromatic carbocycles. The standard InChI is InChI=1S/C27H40N7O11P/c1-15(23(28)37)30-24(38)19(12-18-8-5-4-6-9-18)33-22(36)13-29-26(40)21-10-7-11-34(21)27(41)16(2)31-25(39)20(32-17(3)35)14-45-46(42,43)44/h4-6,8-9,15-16,19-21H,7,10-14H2,1-3H3,(H2,28,37)(H,29,40)(H,30,38)(H,31,39)(H,32,35)(H,33,36)(H2,42,43,44)/t15-,16-,19-,20-,21-/m0/s1. The van der Waals surface area contributed by atoms with Gasteiger partial charge in [0, 0.05) is 19.9 Å². The number of nitrogens with one attached hydrogen (secondary N) is 5. The van der Waals surface area contributed by atoms with Gasteiger partial charge in [0.05, 0.1) is 13.2 Å². The molecule has 5 atom stereocenters. The first-order valence-corrected chi connectivity index (χ1v) is 15.8. The molecule has 1 aromatic rings. The molecule has 1 saturated heterocycles. The van der Waals surface area contributed by atoms with Gasteiger partial charge in [0.1, 0.15) is 30.2 Å². The summed E-state index contributed by atoms with van der Waals surface area (Å²) < 4.78 is 15.3. The van der Waals surface area contributed by atoms with Gasteiger partial charge in [0.15, 0.2) is 0 Å². The molecule has 1 fully saturated rings. The van der Waals surface area contributed by atoms with E-state index in [1.807, 2.05) is 0 Å². The number of nitrogens with two attached hydrogens (primary N) is 1. The van der Waals surface area contributed by atoms with Gasteiger partial charge in [-0.25, -0.2) is 4.57 Å². The minimum atomic E-state index is -4.96. The minimum Gasteiger partial charge on any atom is -0.368 e. The van der Waals surface area contributed by atoms with Crippen LogP contribution in [0.4, 0.5) is 0 Å². The summed E-state index contributed by atoms with van der Waals surface area (Å²) in [6.45, 7) is 2.55. The summed E-state index contributed by atoms with van der Waals surface area (Å²) in [5.74, 6) is -5.10. The summed E-state index contributed by atoms with van der Waals surface area (Å²) in [5, 5.41) is 11.9. The molecule has 254 valence electrons. The van der Waals surface area contributed by atoms with Crippen LogP contribution in [0.25, 0.3) is 0 Å². The Labute approximate surface area is 264 Å². The van der Waals surface area contributed by atoms with Crippen molar-refractivity contribution >= 4 is 49.2 Å². The molecule has 0 unspecified atom stereocenters. The maximum Gasteiger partial charge on any atom is 0.469 e. The summed E-state index contributed by atoms with van der Waals surface area (Å²) in [7, 11) is -4.96. The van der Waals surface area contributed by atoms with Gasteiger partial charge in [-0.2, -0.15) is 0 Å². The predicted octanol–water partition coefficient (Wildman–Crippen LogP) is -3.07. The molecule has 9 N–H and O–H groups in total. The maximum atomic E-state index is 13.2. The second kappa shape index (κ2) is 17.4. The monoisotopic (exact) mass is 669 g/mol. The molecule has 7 amide bonds. The summed E-state index contributed by atoms with van der Waals surface area (Å²) in [4.78, 5) is 106. The van der Waals surface area contributed by atoms with Gasteiger partial charge < -0.3 is 47.0 Å². The Bertz CT molecular complexity index is 1340. The van der Waals surface area contributed by atoms with E-state index in [-0.39, 0.29) is 19.4 Å². The summed E-state index contributed by atoms with van der Waals surface area (Å²) in [6.07, 6.45) is 0.786. The number of hydrogen-bond donors (Lipinski definition) is 8. The third-order valence-electron chi connectivity index (χ3n) is 6.81. The lowest BCUT2D eigenvalue weighted by atomic mass is 10.0. The minimum absolute atomic E-state index is 0.0839. The number of phosphoric acid groups is 1. The molecule has 46 heavy (non-hydrogen) atoms. The van der Waals surface area contributed by atoms with Gasteiger partial charge in [-0.15, -0.1) is 0 Å². The van der Waals surface area contributed by atoms with E-state index in [0.29, 0.717) is 6.42 Å². The van der Waals surface area contributed by atoms with Crippen LogP contribution in [0.2, 0.25) is 0 Å². The molecule has 19 heteroatoms. The first-order chi connectivity index (χ1) is 21.5. The van der Waals surface area contributed by atoms with Crippen LogP contribution in [0.5, 0.6) is 0 Å². The second-order valence-electron chi connectivity index (χ2n) is 10.6. The summed E-state index contributed by atoms with van der Waals surface area (Å²) >= 11 is 0. The molecule has 0 bridgehead atoms. The Balaban J connectivity index is 2.00. The highest BCUT2D eigenvalue weighted by molar-refractivity contribution is 7.46. The first kappa shape index (κ1) is 37.8. The van der Waals surface area contributed by atoms with Crippen LogP contribution in [0, 0.1) is 0 Å². The molecule has 0 aromatic heterocycles. The van der Waals surface area contributed by atoms with Gasteiger partial charge in [0.2, 0.25) is 41.4 Å². The third kappa shape index (κ3) is 12.5. The summed E-state index contributed by atoms with van der Waals surface area (Å²) in [5.41, 5.74) is 5.95. The molecule has 0 spiro atoms. The van der Waals surface area contributed by atoms with Crippen LogP contribution >= 0.6 is 7.82 Å². The van der Waals surface area contributed by atoms with Crippen molar-refractivity contribution in [2.45, 2.75) is 70.2 Å². The highest BCUT2D eigenvalue weighted by atomic mass is 31.2. The molecular formula is C27H40N7O11P. The summed E-state index contributed by atoms with van der Waals surface area (Å²) in [6, 6.07) is 2.96. The Hall–Kier alpha value is -4.38. The quantitative estimate of drug-likeness (QED) is 0.0818. The SMILES string of the molecule is CC(=O)N[C@@H](COP(=O)(O)O)C(=O)N[C@@H](C)C(=O)N1CCC[C@H]1C(=O)NCC(=O)N[C@@H](Cc1ccccc1)C(=O)N[C@@H](C)C(N)=O. The van der Waals surface area contributed by atoms with Gasteiger partial charge in [-0.3, -0.25) is 38.1 Å². The number of benzene rings is 1. The molecule has 0 saturated carbocycles. The number of amides is 7. The van der Waals surface area contributed by atoms with E-state index in [4.69, 9.17) is 15.5 Å². The molecule has 0 aliphatic carbocycles. The van der Waals surface area contributed by atoms with Gasteiger partial charge >= 0.3 is 7.82 Å². The van der Waals surface area contributed by atoms with Crippen molar-refractivity contribution in [3.63, 3.8) is 0 Å². The Morgan fingerprint density at radius 3 is 2.15 bits per heavy atom. The lowest BCUT2D eigenvalue weighted by molar-refractivity contribution is -0.141. The van der Waals surface area contributed by atoms with Crippen molar-refractivity contribution in [3.05, 3.63) is 35.9 Å². The zero-order valence-corrected chi connectivity index (χ0v) is 26.5. The zero-order valence-electron chi connectivity index (χ0n) is 25.6. The van der Waals surface area contributed by atoms with E-state index in [1.54, 1.807) is 30.3 Å². The van der Waals surface area contributed by atoms with Crippen molar-refractivity contribution in [3.8, 4) is 0 Å². The van der Waals surface area contributed by atoms with E-state index < -0.39 is 92.5 Å². The highest BCUT2D eigenvalue weighted by Crippen LogP contribution is 2.35. The number of carbonyl (C=O) groups is 7. The van der Waals surface area contributed by atoms with Crippen molar-refractivity contribution in [1.29, 1.82) is 0 Å². The molecule has 1 aliphatic rings. The largest absolute Gasteiger partial charge is 0.469 e. The number of hydrogen-bond acceptors (Lipinski definition) is 9. The van der Waals surface area contributed by atoms with Crippen LogP contribution in [-0.2, 0) is 49.1 Å². The number of rotatable bonds is 16. The van der Waals surface area contributed by atoms with Crippen LogP contribution in [0.15, 0.2) is 30.3 Å². The second-order valence-corrected chi connectivity index (χ2v) is 11.9. The zero-order chi connectivity index (χ0) is 34.6. The van der Waals surface area contributed by atoms with Crippen LogP contribution in [0.1, 0.15) is 39.2 Å². The van der Waals surface area contributed by atoms with E-state index >= 15 is 0 Å². The number of carbonyl (C=O) groups excluding carboxylic acids is 7. The fourth-order valence-electron chi connectivity index (χ4n) is 4.50. The van der Waals surface area contributed by atoms with Crippen LogP contribution in [0.3, 0.4) is 0 Å². The van der Waals surface area contributed by atoms with Crippen LogP contribution in [-0.4, -0.2) is 106 Å². The van der Waals surface area contributed by atoms with Gasteiger partial charge in [-0.05, 0) is 32.3 Å². The van der Waals surface area contributed by atoms with Gasteiger partial charge in [-0.1, -0.05) is 30.3 Å². The van der Waals surface area contributed by atoms with Crippen molar-refractivity contribution < 1.29 is 52.4 Å². The highest BCUT2D eigenvalue weighted by Gasteiger charge is 2.37. The topological polar surface area (TPSA) is 276 Å². The molecule has 18 nitrogen and oxygen atoms in total. The third-order valence-corrected chi connectivity index (χ3v) is 7.30. The Kier molecular flexibility index (Phi) is 14.3. The van der Waals surface area contributed by atoms with E-state index in [0.717, 1.165) is 12.5 Å². The first-order valence-electron chi connectivity index (χ1n) is 14.3. The molecule has 0 radical (unpaired) electrons. The molecule has 1 heterocycles. The van der Waals surface area contributed by atoms with E-state index in [9.17, 15) is 38.1 Å². The fraction of sp³-hybridized carbons (Fsp3) is 0.519. The van der Waals surface area contributed by atoms with E-state index in [1.165, 1.54) is 18.7 Å².